The predicted octanol–water partition coefficient (Wildman–Crippen LogP) is 4.14. The van der Waals surface area contributed by atoms with Gasteiger partial charge in [-0.2, -0.15) is 0 Å². The SMILES string of the molecule is NC(=O)CCC(=O)[C@H](CCC(=O)O)NC(=O)CCc1ccc(-c2ccc(-c3ccccc3)cc2)cc1. The molecule has 0 aliphatic heterocycles. The fourth-order valence-electron chi connectivity index (χ4n) is 3.88. The highest BCUT2D eigenvalue weighted by Gasteiger charge is 2.21. The number of carboxylic acids is 1. The number of hydrogen-bond donors (Lipinski definition) is 3. The van der Waals surface area contributed by atoms with Crippen LogP contribution in [0.25, 0.3) is 22.3 Å². The lowest BCUT2D eigenvalue weighted by atomic mass is 9.98. The lowest BCUT2D eigenvalue weighted by Crippen LogP contribution is -2.41. The first-order valence-corrected chi connectivity index (χ1v) is 11.9. The van der Waals surface area contributed by atoms with Gasteiger partial charge in [-0.25, -0.2) is 0 Å². The van der Waals surface area contributed by atoms with E-state index in [1.54, 1.807) is 0 Å². The van der Waals surface area contributed by atoms with E-state index in [-0.39, 0.29) is 38.0 Å². The number of amides is 2. The Bertz CT molecular complexity index is 1190. The van der Waals surface area contributed by atoms with Crippen LogP contribution in [0, 0.1) is 0 Å². The van der Waals surface area contributed by atoms with E-state index in [1.165, 1.54) is 0 Å². The molecule has 0 heterocycles. The number of carboxylic acid groups (broad SMARTS) is 1. The summed E-state index contributed by atoms with van der Waals surface area (Å²) < 4.78 is 0. The molecule has 7 heteroatoms. The first-order chi connectivity index (χ1) is 17.3. The van der Waals surface area contributed by atoms with Crippen LogP contribution >= 0.6 is 0 Å². The molecule has 0 aliphatic carbocycles. The fraction of sp³-hybridized carbons (Fsp3) is 0.241. The van der Waals surface area contributed by atoms with E-state index < -0.39 is 23.7 Å². The fourth-order valence-corrected chi connectivity index (χ4v) is 3.88. The minimum atomic E-state index is -1.06. The van der Waals surface area contributed by atoms with Crippen LogP contribution in [-0.2, 0) is 25.6 Å². The van der Waals surface area contributed by atoms with E-state index in [0.717, 1.165) is 27.8 Å². The third-order valence-electron chi connectivity index (χ3n) is 5.91. The summed E-state index contributed by atoms with van der Waals surface area (Å²) in [5.74, 6) is -2.43. The van der Waals surface area contributed by atoms with E-state index in [0.29, 0.717) is 6.42 Å². The normalized spacial score (nSPS) is 11.4. The number of Topliss-reactive ketones (excluding diaryl/α,β-unsaturated/α-hetero) is 1. The molecular formula is C29H30N2O5. The Morgan fingerprint density at radius 3 is 1.75 bits per heavy atom. The molecule has 0 saturated heterocycles. The van der Waals surface area contributed by atoms with Crippen molar-refractivity contribution in [2.24, 2.45) is 5.73 Å². The van der Waals surface area contributed by atoms with Gasteiger partial charge in [0.2, 0.25) is 11.8 Å². The van der Waals surface area contributed by atoms with Crippen molar-refractivity contribution in [2.75, 3.05) is 0 Å². The number of aliphatic carboxylic acids is 1. The van der Waals surface area contributed by atoms with Gasteiger partial charge in [-0.1, -0.05) is 78.9 Å². The standard InChI is InChI=1S/C29H30N2O5/c30-27(33)17-16-26(32)25(15-19-29(35)36)31-28(34)18-8-20-6-9-22(10-7-20)24-13-11-23(12-14-24)21-4-2-1-3-5-21/h1-7,9-14,25H,8,15-19H2,(H2,30,33)(H,31,34)(H,35,36)/t25-/m0/s1. The average Bonchev–Trinajstić information content (AvgIpc) is 2.89. The third-order valence-corrected chi connectivity index (χ3v) is 5.91. The first kappa shape index (κ1) is 26.3. The Labute approximate surface area is 210 Å². The number of rotatable bonds is 13. The molecule has 4 N–H and O–H groups in total. The Kier molecular flexibility index (Phi) is 9.51. The maximum atomic E-state index is 12.4. The highest BCUT2D eigenvalue weighted by Crippen LogP contribution is 2.25. The summed E-state index contributed by atoms with van der Waals surface area (Å²) in [5.41, 5.74) is 10.5. The summed E-state index contributed by atoms with van der Waals surface area (Å²) in [7, 11) is 0. The average molecular weight is 487 g/mol. The number of carbonyl (C=O) groups excluding carboxylic acids is 3. The highest BCUT2D eigenvalue weighted by molar-refractivity contribution is 5.91. The predicted molar refractivity (Wildman–Crippen MR) is 138 cm³/mol. The van der Waals surface area contributed by atoms with Gasteiger partial charge in [-0.15, -0.1) is 0 Å². The smallest absolute Gasteiger partial charge is 0.303 e. The van der Waals surface area contributed by atoms with Gasteiger partial charge in [-0.05, 0) is 40.7 Å². The van der Waals surface area contributed by atoms with Gasteiger partial charge >= 0.3 is 5.97 Å². The number of carbonyl (C=O) groups is 4. The Morgan fingerprint density at radius 2 is 1.22 bits per heavy atom. The van der Waals surface area contributed by atoms with Crippen molar-refractivity contribution in [3.63, 3.8) is 0 Å². The van der Waals surface area contributed by atoms with Gasteiger partial charge < -0.3 is 16.2 Å². The van der Waals surface area contributed by atoms with Crippen molar-refractivity contribution in [3.8, 4) is 22.3 Å². The molecular weight excluding hydrogens is 456 g/mol. The molecule has 3 rings (SSSR count). The lowest BCUT2D eigenvalue weighted by Gasteiger charge is -2.17. The maximum Gasteiger partial charge on any atom is 0.303 e. The summed E-state index contributed by atoms with van der Waals surface area (Å²) in [4.78, 5) is 46.6. The van der Waals surface area contributed by atoms with Crippen LogP contribution in [0.5, 0.6) is 0 Å². The summed E-state index contributed by atoms with van der Waals surface area (Å²) in [5, 5.41) is 11.5. The van der Waals surface area contributed by atoms with Crippen molar-refractivity contribution >= 4 is 23.6 Å². The molecule has 2 amide bonds. The van der Waals surface area contributed by atoms with Crippen molar-refractivity contribution in [3.05, 3.63) is 84.4 Å². The molecule has 1 atom stereocenters. The van der Waals surface area contributed by atoms with E-state index in [4.69, 9.17) is 10.8 Å². The van der Waals surface area contributed by atoms with Crippen molar-refractivity contribution in [2.45, 2.75) is 44.6 Å². The van der Waals surface area contributed by atoms with Crippen LogP contribution in [0.3, 0.4) is 0 Å². The lowest BCUT2D eigenvalue weighted by molar-refractivity contribution is -0.138. The van der Waals surface area contributed by atoms with E-state index in [2.05, 4.69) is 41.7 Å². The van der Waals surface area contributed by atoms with Crippen molar-refractivity contribution < 1.29 is 24.3 Å². The second-order valence-corrected chi connectivity index (χ2v) is 8.63. The second-order valence-electron chi connectivity index (χ2n) is 8.63. The number of primary amides is 1. The van der Waals surface area contributed by atoms with E-state index in [9.17, 15) is 19.2 Å². The van der Waals surface area contributed by atoms with Gasteiger partial charge in [0.1, 0.15) is 0 Å². The minimum Gasteiger partial charge on any atom is -0.481 e. The summed E-state index contributed by atoms with van der Waals surface area (Å²) in [6, 6.07) is 25.5. The van der Waals surface area contributed by atoms with Gasteiger partial charge in [0.25, 0.3) is 0 Å². The number of hydrogen-bond acceptors (Lipinski definition) is 4. The monoisotopic (exact) mass is 486 g/mol. The molecule has 0 fully saturated rings. The summed E-state index contributed by atoms with van der Waals surface area (Å²) in [6.07, 6.45) is 0.0583. The zero-order valence-electron chi connectivity index (χ0n) is 20.0. The molecule has 36 heavy (non-hydrogen) atoms. The zero-order chi connectivity index (χ0) is 25.9. The third kappa shape index (κ3) is 8.20. The molecule has 0 radical (unpaired) electrons. The van der Waals surface area contributed by atoms with Crippen molar-refractivity contribution in [1.82, 2.24) is 5.32 Å². The maximum absolute atomic E-state index is 12.4. The number of nitrogens with one attached hydrogen (secondary N) is 1. The van der Waals surface area contributed by atoms with E-state index in [1.807, 2.05) is 42.5 Å². The van der Waals surface area contributed by atoms with Gasteiger partial charge in [0.05, 0.1) is 6.04 Å². The molecule has 0 aliphatic rings. The van der Waals surface area contributed by atoms with Gasteiger partial charge in [-0.3, -0.25) is 19.2 Å². The molecule has 0 aromatic heterocycles. The molecule has 0 spiro atoms. The largest absolute Gasteiger partial charge is 0.481 e. The van der Waals surface area contributed by atoms with Gasteiger partial charge in [0, 0.05) is 25.7 Å². The Hall–Kier alpha value is -4.26. The topological polar surface area (TPSA) is 127 Å². The number of nitrogens with two attached hydrogens (primary N) is 1. The molecule has 3 aromatic rings. The Balaban J connectivity index is 1.55. The number of ketones is 1. The number of aryl methyl sites for hydroxylation is 1. The first-order valence-electron chi connectivity index (χ1n) is 11.9. The van der Waals surface area contributed by atoms with Crippen LogP contribution in [0.4, 0.5) is 0 Å². The van der Waals surface area contributed by atoms with Crippen LogP contribution in [-0.4, -0.2) is 34.7 Å². The Morgan fingerprint density at radius 1 is 0.694 bits per heavy atom. The van der Waals surface area contributed by atoms with Gasteiger partial charge in [0.15, 0.2) is 5.78 Å². The van der Waals surface area contributed by atoms with Crippen LogP contribution in [0.1, 0.15) is 37.7 Å². The molecule has 3 aromatic carbocycles. The molecule has 0 unspecified atom stereocenters. The summed E-state index contributed by atoms with van der Waals surface area (Å²) >= 11 is 0. The molecule has 0 saturated carbocycles. The van der Waals surface area contributed by atoms with Crippen molar-refractivity contribution in [1.29, 1.82) is 0 Å². The molecule has 0 bridgehead atoms. The van der Waals surface area contributed by atoms with E-state index >= 15 is 0 Å². The quantitative estimate of drug-likeness (QED) is 0.335. The van der Waals surface area contributed by atoms with Crippen LogP contribution in [0.15, 0.2) is 78.9 Å². The summed E-state index contributed by atoms with van der Waals surface area (Å²) in [6.45, 7) is 0. The zero-order valence-corrected chi connectivity index (χ0v) is 20.0. The van der Waals surface area contributed by atoms with Crippen LogP contribution in [0.2, 0.25) is 0 Å². The minimum absolute atomic E-state index is 0.0313. The highest BCUT2D eigenvalue weighted by atomic mass is 16.4. The van der Waals surface area contributed by atoms with Crippen LogP contribution < -0.4 is 11.1 Å². The second kappa shape index (κ2) is 13.0. The number of benzene rings is 3. The molecule has 186 valence electrons. The molecule has 7 nitrogen and oxygen atoms in total.